The first-order valence-electron chi connectivity index (χ1n) is 8.81. The Labute approximate surface area is 175 Å². The highest BCUT2D eigenvalue weighted by Crippen LogP contribution is 2.26. The highest BCUT2D eigenvalue weighted by atomic mass is 35.5. The van der Waals surface area contributed by atoms with E-state index in [1.165, 1.54) is 30.5 Å². The van der Waals surface area contributed by atoms with Crippen LogP contribution in [0.25, 0.3) is 22.6 Å². The van der Waals surface area contributed by atoms with Gasteiger partial charge in [-0.15, -0.1) is 0 Å². The van der Waals surface area contributed by atoms with Crippen molar-refractivity contribution >= 4 is 23.2 Å². The number of carbonyl (C=O) groups is 1. The van der Waals surface area contributed by atoms with Crippen LogP contribution in [0.3, 0.4) is 0 Å². The molecule has 0 fully saturated rings. The molecule has 2 aromatic heterocycles. The molecular formula is C22H13ClF2N4O. The number of benzene rings is 2. The van der Waals surface area contributed by atoms with Crippen molar-refractivity contribution in [1.82, 2.24) is 15.0 Å². The Hall–Kier alpha value is -3.71. The number of halogens is 3. The summed E-state index contributed by atoms with van der Waals surface area (Å²) in [4.78, 5) is 25.7. The molecule has 1 N–H and O–H groups in total. The van der Waals surface area contributed by atoms with E-state index in [1.54, 1.807) is 36.7 Å². The van der Waals surface area contributed by atoms with Crippen LogP contribution in [0.4, 0.5) is 14.5 Å². The first kappa shape index (κ1) is 19.6. The molecule has 8 heteroatoms. The maximum atomic E-state index is 13.4. The van der Waals surface area contributed by atoms with Gasteiger partial charge in [-0.1, -0.05) is 11.6 Å². The van der Waals surface area contributed by atoms with E-state index in [2.05, 4.69) is 20.3 Å². The molecule has 1 amide bonds. The molecule has 5 nitrogen and oxygen atoms in total. The molecule has 0 radical (unpaired) electrons. The fourth-order valence-corrected chi connectivity index (χ4v) is 2.97. The number of carbonyl (C=O) groups excluding carboxylic acids is 1. The van der Waals surface area contributed by atoms with E-state index in [4.69, 9.17) is 11.6 Å². The smallest absolute Gasteiger partial charge is 0.259 e. The Morgan fingerprint density at radius 3 is 2.37 bits per heavy atom. The molecule has 30 heavy (non-hydrogen) atoms. The van der Waals surface area contributed by atoms with Gasteiger partial charge in [0, 0.05) is 35.4 Å². The minimum absolute atomic E-state index is 0.106. The van der Waals surface area contributed by atoms with E-state index in [0.717, 1.165) is 6.07 Å². The second-order valence-electron chi connectivity index (χ2n) is 6.28. The van der Waals surface area contributed by atoms with E-state index in [9.17, 15) is 13.6 Å². The molecule has 0 aliphatic rings. The molecule has 0 saturated heterocycles. The van der Waals surface area contributed by atoms with E-state index in [0.29, 0.717) is 28.3 Å². The van der Waals surface area contributed by atoms with Gasteiger partial charge in [0.25, 0.3) is 5.91 Å². The van der Waals surface area contributed by atoms with Crippen molar-refractivity contribution in [1.29, 1.82) is 0 Å². The Kier molecular flexibility index (Phi) is 5.45. The molecule has 0 unspecified atom stereocenters. The number of hydrogen-bond acceptors (Lipinski definition) is 4. The largest absolute Gasteiger partial charge is 0.322 e. The lowest BCUT2D eigenvalue weighted by molar-refractivity contribution is 0.102. The SMILES string of the molecule is O=C(Nc1ccc(F)c(Cl)c1)c1cnc(-c2ccc(F)cc2)nc1-c1ccncc1. The van der Waals surface area contributed by atoms with E-state index in [1.807, 2.05) is 0 Å². The number of nitrogens with zero attached hydrogens (tertiary/aromatic N) is 3. The van der Waals surface area contributed by atoms with Gasteiger partial charge in [-0.05, 0) is 54.6 Å². The predicted molar refractivity (Wildman–Crippen MR) is 110 cm³/mol. The van der Waals surface area contributed by atoms with Gasteiger partial charge in [-0.25, -0.2) is 18.7 Å². The van der Waals surface area contributed by atoms with Crippen LogP contribution in [0.5, 0.6) is 0 Å². The zero-order valence-electron chi connectivity index (χ0n) is 15.3. The molecule has 0 atom stereocenters. The zero-order chi connectivity index (χ0) is 21.1. The van der Waals surface area contributed by atoms with Crippen LogP contribution >= 0.6 is 11.6 Å². The second-order valence-corrected chi connectivity index (χ2v) is 6.69. The predicted octanol–water partition coefficient (Wildman–Crippen LogP) is 5.39. The summed E-state index contributed by atoms with van der Waals surface area (Å²) in [5.41, 5.74) is 2.15. The van der Waals surface area contributed by atoms with Crippen molar-refractivity contribution in [2.45, 2.75) is 0 Å². The third-order valence-electron chi connectivity index (χ3n) is 4.27. The molecule has 4 aromatic rings. The lowest BCUT2D eigenvalue weighted by Crippen LogP contribution is -2.15. The molecular weight excluding hydrogens is 410 g/mol. The van der Waals surface area contributed by atoms with Crippen molar-refractivity contribution in [2.75, 3.05) is 5.32 Å². The summed E-state index contributed by atoms with van der Waals surface area (Å²) < 4.78 is 26.6. The van der Waals surface area contributed by atoms with Crippen LogP contribution in [0, 0.1) is 11.6 Å². The van der Waals surface area contributed by atoms with Gasteiger partial charge in [0.15, 0.2) is 5.82 Å². The molecule has 148 valence electrons. The van der Waals surface area contributed by atoms with Gasteiger partial charge < -0.3 is 5.32 Å². The van der Waals surface area contributed by atoms with E-state index < -0.39 is 11.7 Å². The van der Waals surface area contributed by atoms with Gasteiger partial charge in [-0.3, -0.25) is 9.78 Å². The van der Waals surface area contributed by atoms with Crippen molar-refractivity contribution in [3.8, 4) is 22.6 Å². The van der Waals surface area contributed by atoms with Crippen molar-refractivity contribution in [2.24, 2.45) is 0 Å². The second kappa shape index (κ2) is 8.34. The lowest BCUT2D eigenvalue weighted by atomic mass is 10.1. The maximum absolute atomic E-state index is 13.4. The van der Waals surface area contributed by atoms with Gasteiger partial charge >= 0.3 is 0 Å². The Morgan fingerprint density at radius 1 is 0.933 bits per heavy atom. The number of amides is 1. The summed E-state index contributed by atoms with van der Waals surface area (Å²) in [5.74, 6) is -1.11. The number of pyridine rings is 1. The average molecular weight is 423 g/mol. The minimum atomic E-state index is -0.584. The number of nitrogens with one attached hydrogen (secondary N) is 1. The third-order valence-corrected chi connectivity index (χ3v) is 4.56. The first-order chi connectivity index (χ1) is 14.5. The Balaban J connectivity index is 1.75. The Morgan fingerprint density at radius 2 is 1.67 bits per heavy atom. The average Bonchev–Trinajstić information content (AvgIpc) is 2.77. The summed E-state index contributed by atoms with van der Waals surface area (Å²) in [5, 5.41) is 2.56. The van der Waals surface area contributed by atoms with Crippen LogP contribution < -0.4 is 5.32 Å². The third kappa shape index (κ3) is 4.16. The van der Waals surface area contributed by atoms with Crippen molar-refractivity contribution in [3.05, 3.63) is 95.4 Å². The number of anilines is 1. The van der Waals surface area contributed by atoms with Crippen LogP contribution in [0.1, 0.15) is 10.4 Å². The van der Waals surface area contributed by atoms with Crippen LogP contribution in [0.15, 0.2) is 73.2 Å². The van der Waals surface area contributed by atoms with Crippen LogP contribution in [0.2, 0.25) is 5.02 Å². The number of hydrogen-bond donors (Lipinski definition) is 1. The molecule has 0 aliphatic carbocycles. The summed E-state index contributed by atoms with van der Waals surface area (Å²) in [7, 11) is 0. The normalized spacial score (nSPS) is 10.6. The summed E-state index contributed by atoms with van der Waals surface area (Å²) >= 11 is 5.79. The van der Waals surface area contributed by atoms with Crippen molar-refractivity contribution in [3.63, 3.8) is 0 Å². The van der Waals surface area contributed by atoms with E-state index in [-0.39, 0.29) is 16.4 Å². The fraction of sp³-hybridized carbons (Fsp3) is 0. The Bertz CT molecular complexity index is 1220. The number of rotatable bonds is 4. The standard InChI is InChI=1S/C22H13ClF2N4O/c23-18-11-16(5-6-19(18)25)28-22(30)17-12-27-21(14-1-3-15(24)4-2-14)29-20(17)13-7-9-26-10-8-13/h1-12H,(H,28,30). The minimum Gasteiger partial charge on any atom is -0.322 e. The summed E-state index contributed by atoms with van der Waals surface area (Å²) in [6, 6.07) is 13.0. The first-order valence-corrected chi connectivity index (χ1v) is 9.19. The quantitative estimate of drug-likeness (QED) is 0.479. The topological polar surface area (TPSA) is 67.8 Å². The van der Waals surface area contributed by atoms with E-state index >= 15 is 0 Å². The number of aromatic nitrogens is 3. The van der Waals surface area contributed by atoms with Gasteiger partial charge in [-0.2, -0.15) is 0 Å². The van der Waals surface area contributed by atoms with Crippen molar-refractivity contribution < 1.29 is 13.6 Å². The molecule has 0 aliphatic heterocycles. The van der Waals surface area contributed by atoms with Crippen LogP contribution in [-0.2, 0) is 0 Å². The van der Waals surface area contributed by atoms with Gasteiger partial charge in [0.05, 0.1) is 16.3 Å². The molecule has 0 bridgehead atoms. The lowest BCUT2D eigenvalue weighted by Gasteiger charge is -2.11. The molecule has 0 saturated carbocycles. The highest BCUT2D eigenvalue weighted by Gasteiger charge is 2.18. The molecule has 2 aromatic carbocycles. The fourth-order valence-electron chi connectivity index (χ4n) is 2.79. The molecule has 2 heterocycles. The zero-order valence-corrected chi connectivity index (χ0v) is 16.1. The van der Waals surface area contributed by atoms with Gasteiger partial charge in [0.2, 0.25) is 0 Å². The monoisotopic (exact) mass is 422 g/mol. The maximum Gasteiger partial charge on any atom is 0.259 e. The summed E-state index contributed by atoms with van der Waals surface area (Å²) in [6.07, 6.45) is 4.55. The van der Waals surface area contributed by atoms with Gasteiger partial charge in [0.1, 0.15) is 11.6 Å². The highest BCUT2D eigenvalue weighted by molar-refractivity contribution is 6.31. The van der Waals surface area contributed by atoms with Crippen LogP contribution in [-0.4, -0.2) is 20.9 Å². The molecule has 0 spiro atoms. The molecule has 4 rings (SSSR count). The summed E-state index contributed by atoms with van der Waals surface area (Å²) in [6.45, 7) is 0.